The average molecular weight is 323 g/mol. The van der Waals surface area contributed by atoms with E-state index in [0.717, 1.165) is 17.9 Å². The predicted octanol–water partition coefficient (Wildman–Crippen LogP) is 5.88. The van der Waals surface area contributed by atoms with Gasteiger partial charge in [0.1, 0.15) is 12.4 Å². The zero-order chi connectivity index (χ0) is 17.2. The molecule has 2 nitrogen and oxygen atoms in total. The Balaban J connectivity index is 1.80. The number of hydrogen-bond donors (Lipinski definition) is 0. The first-order valence-electron chi connectivity index (χ1n) is 8.97. The maximum absolute atomic E-state index is 5.88. The number of hydrogen-bond acceptors (Lipinski definition) is 2. The van der Waals surface area contributed by atoms with Crippen LogP contribution in [0.4, 0.5) is 0 Å². The number of nitrogens with zero attached hydrogens (tertiary/aromatic N) is 1. The van der Waals surface area contributed by atoms with E-state index in [1.807, 2.05) is 18.3 Å². The highest BCUT2D eigenvalue weighted by molar-refractivity contribution is 5.79. The first-order chi connectivity index (χ1) is 11.7. The lowest BCUT2D eigenvalue weighted by molar-refractivity contribution is 0.306. The van der Waals surface area contributed by atoms with Crippen LogP contribution in [0.5, 0.6) is 5.75 Å². The van der Waals surface area contributed by atoms with E-state index in [1.165, 1.54) is 42.4 Å². The van der Waals surface area contributed by atoms with Gasteiger partial charge in [0.05, 0.1) is 0 Å². The smallest absolute Gasteiger partial charge is 0.119 e. The van der Waals surface area contributed by atoms with E-state index in [2.05, 4.69) is 56.1 Å². The molecular weight excluding hydrogens is 294 g/mol. The van der Waals surface area contributed by atoms with Crippen molar-refractivity contribution < 1.29 is 4.74 Å². The Morgan fingerprint density at radius 2 is 1.62 bits per heavy atom. The van der Waals surface area contributed by atoms with Gasteiger partial charge in [0.15, 0.2) is 0 Å². The number of aryl methyl sites for hydroxylation is 2. The number of benzene rings is 2. The maximum atomic E-state index is 5.88. The third kappa shape index (κ3) is 6.57. The van der Waals surface area contributed by atoms with E-state index in [1.54, 1.807) is 0 Å². The van der Waals surface area contributed by atoms with Gasteiger partial charge in [-0.25, -0.2) is 0 Å². The fourth-order valence-corrected chi connectivity index (χ4v) is 2.77. The predicted molar refractivity (Wildman–Crippen MR) is 103 cm³/mol. The second-order valence-corrected chi connectivity index (χ2v) is 6.45. The summed E-state index contributed by atoms with van der Waals surface area (Å²) in [7, 11) is 0. The Bertz CT molecular complexity index is 623. The van der Waals surface area contributed by atoms with Crippen LogP contribution in [0.15, 0.2) is 47.5 Å². The van der Waals surface area contributed by atoms with E-state index in [-0.39, 0.29) is 0 Å². The van der Waals surface area contributed by atoms with Crippen molar-refractivity contribution in [2.24, 2.45) is 4.99 Å². The topological polar surface area (TPSA) is 21.6 Å². The molecule has 2 rings (SSSR count). The molecule has 0 spiro atoms. The van der Waals surface area contributed by atoms with Crippen molar-refractivity contribution in [2.75, 3.05) is 6.54 Å². The molecule has 0 saturated carbocycles. The molecule has 2 aromatic carbocycles. The molecule has 0 N–H and O–H groups in total. The Morgan fingerprint density at radius 3 is 2.29 bits per heavy atom. The van der Waals surface area contributed by atoms with Gasteiger partial charge >= 0.3 is 0 Å². The summed E-state index contributed by atoms with van der Waals surface area (Å²) in [5.74, 6) is 0.897. The Hall–Kier alpha value is -2.09. The van der Waals surface area contributed by atoms with Crippen LogP contribution in [0, 0.1) is 13.8 Å². The van der Waals surface area contributed by atoms with Gasteiger partial charge < -0.3 is 4.74 Å². The van der Waals surface area contributed by atoms with E-state index in [9.17, 15) is 0 Å². The lowest BCUT2D eigenvalue weighted by atomic mass is 10.1. The number of rotatable bonds is 9. The molecule has 0 bridgehead atoms. The van der Waals surface area contributed by atoms with Gasteiger partial charge in [-0.15, -0.1) is 0 Å². The van der Waals surface area contributed by atoms with Gasteiger partial charge in [0.2, 0.25) is 0 Å². The molecule has 0 aliphatic rings. The molecule has 0 aliphatic carbocycles. The largest absolute Gasteiger partial charge is 0.489 e. The maximum Gasteiger partial charge on any atom is 0.119 e. The quantitative estimate of drug-likeness (QED) is 0.417. The van der Waals surface area contributed by atoms with Gasteiger partial charge in [-0.2, -0.15) is 0 Å². The van der Waals surface area contributed by atoms with E-state index < -0.39 is 0 Å². The standard InChI is InChI=1S/C22H29NO/c1-4-5-6-7-12-23-16-20-8-10-22(11-9-20)24-17-21-14-18(2)13-19(3)15-21/h8-11,13-16H,4-7,12,17H2,1-3H3/b23-16+. The van der Waals surface area contributed by atoms with Crippen molar-refractivity contribution in [2.45, 2.75) is 53.1 Å². The highest BCUT2D eigenvalue weighted by atomic mass is 16.5. The molecule has 24 heavy (non-hydrogen) atoms. The van der Waals surface area contributed by atoms with E-state index in [0.29, 0.717) is 6.61 Å². The number of aliphatic imine (C=N–C) groups is 1. The van der Waals surface area contributed by atoms with Crippen LogP contribution in [0.1, 0.15) is 54.9 Å². The van der Waals surface area contributed by atoms with Crippen LogP contribution in [-0.2, 0) is 6.61 Å². The number of unbranched alkanes of at least 4 members (excludes halogenated alkanes) is 3. The number of ether oxygens (including phenoxy) is 1. The monoisotopic (exact) mass is 323 g/mol. The summed E-state index contributed by atoms with van der Waals surface area (Å²) < 4.78 is 5.88. The van der Waals surface area contributed by atoms with Crippen molar-refractivity contribution in [3.05, 3.63) is 64.7 Å². The van der Waals surface area contributed by atoms with Gasteiger partial charge in [0, 0.05) is 12.8 Å². The molecule has 0 aliphatic heterocycles. The van der Waals surface area contributed by atoms with Crippen LogP contribution < -0.4 is 4.74 Å². The van der Waals surface area contributed by atoms with Crippen molar-refractivity contribution in [1.82, 2.24) is 0 Å². The summed E-state index contributed by atoms with van der Waals surface area (Å²) in [5.41, 5.74) is 4.90. The summed E-state index contributed by atoms with van der Waals surface area (Å²) in [6.07, 6.45) is 7.00. The lowest BCUT2D eigenvalue weighted by Gasteiger charge is -2.08. The van der Waals surface area contributed by atoms with Crippen molar-refractivity contribution in [3.8, 4) is 5.75 Å². The van der Waals surface area contributed by atoms with Gasteiger partial charge in [0.25, 0.3) is 0 Å². The first kappa shape index (κ1) is 18.3. The molecule has 0 amide bonds. The average Bonchev–Trinajstić information content (AvgIpc) is 2.56. The summed E-state index contributed by atoms with van der Waals surface area (Å²) in [6, 6.07) is 14.7. The minimum atomic E-state index is 0.605. The first-order valence-corrected chi connectivity index (χ1v) is 8.97. The molecule has 128 valence electrons. The lowest BCUT2D eigenvalue weighted by Crippen LogP contribution is -1.97. The fraction of sp³-hybridized carbons (Fsp3) is 0.409. The molecule has 0 heterocycles. The second-order valence-electron chi connectivity index (χ2n) is 6.45. The second kappa shape index (κ2) is 9.92. The summed E-state index contributed by atoms with van der Waals surface area (Å²) in [6.45, 7) is 7.99. The van der Waals surface area contributed by atoms with Crippen LogP contribution in [0.2, 0.25) is 0 Å². The normalized spacial score (nSPS) is 11.1. The minimum Gasteiger partial charge on any atom is -0.489 e. The zero-order valence-electron chi connectivity index (χ0n) is 15.2. The van der Waals surface area contributed by atoms with E-state index in [4.69, 9.17) is 4.74 Å². The SMILES string of the molecule is CCCCCC/N=C/c1ccc(OCc2cc(C)cc(C)c2)cc1. The van der Waals surface area contributed by atoms with Crippen LogP contribution in [0.3, 0.4) is 0 Å². The summed E-state index contributed by atoms with van der Waals surface area (Å²) >= 11 is 0. The van der Waals surface area contributed by atoms with Crippen LogP contribution in [-0.4, -0.2) is 12.8 Å². The molecular formula is C22H29NO. The van der Waals surface area contributed by atoms with Crippen molar-refractivity contribution in [3.63, 3.8) is 0 Å². The third-order valence-corrected chi connectivity index (χ3v) is 3.95. The highest BCUT2D eigenvalue weighted by Crippen LogP contribution is 2.15. The Morgan fingerprint density at radius 1 is 0.917 bits per heavy atom. The minimum absolute atomic E-state index is 0.605. The molecule has 2 aromatic rings. The van der Waals surface area contributed by atoms with Gasteiger partial charge in [-0.3, -0.25) is 4.99 Å². The van der Waals surface area contributed by atoms with Gasteiger partial charge in [-0.1, -0.05) is 55.5 Å². The summed E-state index contributed by atoms with van der Waals surface area (Å²) in [5, 5.41) is 0. The molecule has 0 atom stereocenters. The van der Waals surface area contributed by atoms with Crippen LogP contribution in [0.25, 0.3) is 0 Å². The zero-order valence-corrected chi connectivity index (χ0v) is 15.2. The van der Waals surface area contributed by atoms with Crippen molar-refractivity contribution >= 4 is 6.21 Å². The Labute approximate surface area is 146 Å². The van der Waals surface area contributed by atoms with E-state index >= 15 is 0 Å². The fourth-order valence-electron chi connectivity index (χ4n) is 2.77. The molecule has 0 unspecified atom stereocenters. The molecule has 0 aromatic heterocycles. The molecule has 0 radical (unpaired) electrons. The Kier molecular flexibility index (Phi) is 7.54. The molecule has 2 heteroatoms. The highest BCUT2D eigenvalue weighted by Gasteiger charge is 1.99. The molecule has 0 fully saturated rings. The van der Waals surface area contributed by atoms with Crippen molar-refractivity contribution in [1.29, 1.82) is 0 Å². The van der Waals surface area contributed by atoms with Gasteiger partial charge in [-0.05, 0) is 55.7 Å². The summed E-state index contributed by atoms with van der Waals surface area (Å²) in [4.78, 5) is 4.49. The third-order valence-electron chi connectivity index (χ3n) is 3.95. The van der Waals surface area contributed by atoms with Crippen LogP contribution >= 0.6 is 0 Å². The molecule has 0 saturated heterocycles.